The van der Waals surface area contributed by atoms with Gasteiger partial charge in [0.15, 0.2) is 5.69 Å². The molecule has 26 heteroatoms. The molecule has 340 valence electrons. The summed E-state index contributed by atoms with van der Waals surface area (Å²) in [5.74, 6) is -5.00. The van der Waals surface area contributed by atoms with Crippen LogP contribution >= 0.6 is 136 Å². The van der Waals surface area contributed by atoms with Crippen LogP contribution < -0.4 is 20.4 Å². The molecule has 0 aliphatic heterocycles. The number of aliphatic hydroxyl groups is 8. The number of amides is 6. The van der Waals surface area contributed by atoms with E-state index in [0.29, 0.717) is 0 Å². The fraction of sp³-hybridized carbons (Fsp3) is 0.486. The summed E-state index contributed by atoms with van der Waals surface area (Å²) < 4.78 is -1.13. The van der Waals surface area contributed by atoms with Crippen molar-refractivity contribution in [3.63, 3.8) is 0 Å². The number of carbonyl (C=O) groups is 6. The van der Waals surface area contributed by atoms with Crippen LogP contribution in [0.3, 0.4) is 0 Å². The maximum Gasteiger partial charge on any atom is 0.360 e. The monoisotopic (exact) mass is 1530 g/mol. The Bertz CT molecular complexity index is 1940. The first kappa shape index (κ1) is 56.8. The lowest BCUT2D eigenvalue weighted by Crippen LogP contribution is -2.59. The smallest absolute Gasteiger partial charge is 0.360 e. The molecule has 4 unspecified atom stereocenters. The minimum Gasteiger partial charge on any atom is -0.395 e. The zero-order chi connectivity index (χ0) is 46.7. The summed E-state index contributed by atoms with van der Waals surface area (Å²) in [5, 5.41) is 87.1. The molecule has 2 aromatic rings. The number of rotatable bonds is 21. The van der Waals surface area contributed by atoms with E-state index in [0.717, 1.165) is 9.80 Å². The highest BCUT2D eigenvalue weighted by Crippen LogP contribution is 2.44. The largest absolute Gasteiger partial charge is 0.395 e. The predicted molar refractivity (Wildman–Crippen MR) is 272 cm³/mol. The Morgan fingerprint density at radius 3 is 1.46 bits per heavy atom. The summed E-state index contributed by atoms with van der Waals surface area (Å²) in [6, 6.07) is 0. The second-order valence-corrected chi connectivity index (χ2v) is 19.7. The van der Waals surface area contributed by atoms with Crippen LogP contribution in [0, 0.1) is 21.4 Å². The van der Waals surface area contributed by atoms with Gasteiger partial charge in [-0.05, 0) is 143 Å². The third-order valence-electron chi connectivity index (χ3n) is 8.77. The van der Waals surface area contributed by atoms with Crippen molar-refractivity contribution in [3.8, 4) is 0 Å². The molecule has 0 radical (unpaired) electrons. The van der Waals surface area contributed by atoms with Gasteiger partial charge in [-0.1, -0.05) is 0 Å². The second kappa shape index (κ2) is 26.1. The van der Waals surface area contributed by atoms with Crippen molar-refractivity contribution in [3.05, 3.63) is 43.7 Å². The van der Waals surface area contributed by atoms with Crippen molar-refractivity contribution in [2.45, 2.75) is 25.2 Å². The highest BCUT2D eigenvalue weighted by Gasteiger charge is 2.51. The number of imide groups is 1. The summed E-state index contributed by atoms with van der Waals surface area (Å²) in [7, 11) is 2.66. The van der Waals surface area contributed by atoms with Gasteiger partial charge in [0.2, 0.25) is 5.91 Å². The Labute approximate surface area is 432 Å². The van der Waals surface area contributed by atoms with Crippen molar-refractivity contribution in [1.29, 1.82) is 0 Å². The number of halogens is 6. The third-order valence-corrected chi connectivity index (χ3v) is 15.2. The molecule has 0 aliphatic carbocycles. The van der Waals surface area contributed by atoms with Crippen molar-refractivity contribution in [2.24, 2.45) is 0 Å². The Kier molecular flexibility index (Phi) is 24.3. The van der Waals surface area contributed by atoms with Crippen LogP contribution in [0.4, 0.5) is 11.4 Å². The molecule has 0 bridgehead atoms. The summed E-state index contributed by atoms with van der Waals surface area (Å²) in [6.45, 7) is -4.73. The zero-order valence-electron chi connectivity index (χ0n) is 32.6. The first-order valence-corrected chi connectivity index (χ1v) is 24.3. The molecular formula is C35H45I6N6O14+. The maximum atomic E-state index is 15.7. The molecule has 0 saturated carbocycles. The Morgan fingerprint density at radius 1 is 0.639 bits per heavy atom. The molecule has 0 heterocycles. The van der Waals surface area contributed by atoms with Crippen LogP contribution in [-0.2, 0) is 9.59 Å². The van der Waals surface area contributed by atoms with Crippen molar-refractivity contribution in [1.82, 2.24) is 24.9 Å². The van der Waals surface area contributed by atoms with E-state index in [1.807, 2.05) is 22.6 Å². The molecule has 4 atom stereocenters. The van der Waals surface area contributed by atoms with E-state index in [2.05, 4.69) is 16.0 Å². The molecule has 2 rings (SSSR count). The van der Waals surface area contributed by atoms with E-state index in [1.54, 1.807) is 113 Å². The van der Waals surface area contributed by atoms with E-state index in [-0.39, 0.29) is 68.1 Å². The zero-order valence-corrected chi connectivity index (χ0v) is 45.6. The van der Waals surface area contributed by atoms with E-state index < -0.39 is 117 Å². The Morgan fingerprint density at radius 2 is 1.07 bits per heavy atom. The average molecular weight is 1540 g/mol. The van der Waals surface area contributed by atoms with Crippen LogP contribution in [0.1, 0.15) is 48.4 Å². The number of anilines is 1. The lowest BCUT2D eigenvalue weighted by molar-refractivity contribution is -0.126. The molecular weight excluding hydrogens is 1490 g/mol. The van der Waals surface area contributed by atoms with Crippen molar-refractivity contribution in [2.75, 3.05) is 91.7 Å². The van der Waals surface area contributed by atoms with Gasteiger partial charge >= 0.3 is 11.8 Å². The van der Waals surface area contributed by atoms with Crippen LogP contribution in [0.2, 0.25) is 0 Å². The standard InChI is InChI=1S/C35H44I6N6O14/c1-15(53)44-30-26(38)20(32(58)43-8-16(54)12-50)24(36)23(27(30)39)35(61)47(3,19(57)9-42-2)31-28(40)21(33(59)45(4-6-48)10-17(55)13-51)25(37)22(29(31)41)34(60)46(5-7-49)11-18(56)14-52/h16-18,42,48-52,54-56H,4-14H2,1-3H3,(H-,43,44,53,58)/p+1. The maximum absolute atomic E-state index is 15.7. The summed E-state index contributed by atoms with van der Waals surface area (Å²) in [4.78, 5) is 88.1. The van der Waals surface area contributed by atoms with Gasteiger partial charge in [-0.3, -0.25) is 19.2 Å². The van der Waals surface area contributed by atoms with Crippen molar-refractivity contribution >= 4 is 182 Å². The fourth-order valence-electron chi connectivity index (χ4n) is 5.73. The van der Waals surface area contributed by atoms with Crippen LogP contribution in [0.15, 0.2) is 0 Å². The molecule has 0 aliphatic rings. The second-order valence-electron chi connectivity index (χ2n) is 13.2. The normalized spacial score (nSPS) is 13.8. The molecule has 0 spiro atoms. The highest BCUT2D eigenvalue weighted by molar-refractivity contribution is 14.1. The molecule has 11 N–H and O–H groups in total. The Balaban J connectivity index is 3.37. The summed E-state index contributed by atoms with van der Waals surface area (Å²) in [6.07, 6.45) is -4.26. The number of hydrogen-bond acceptors (Lipinski definition) is 15. The number of benzene rings is 2. The Hall–Kier alpha value is -0.360. The first-order chi connectivity index (χ1) is 28.6. The predicted octanol–water partition coefficient (Wildman–Crippen LogP) is -0.545. The van der Waals surface area contributed by atoms with E-state index in [4.69, 9.17) is 0 Å². The van der Waals surface area contributed by atoms with Gasteiger partial charge < -0.3 is 66.6 Å². The number of nitrogens with one attached hydrogen (secondary N) is 3. The minimum atomic E-state index is -1.46. The fourth-order valence-corrected chi connectivity index (χ4v) is 15.2. The number of hydrogen-bond donors (Lipinski definition) is 11. The number of carbonyl (C=O) groups excluding carboxylic acids is 6. The number of likely N-dealkylation sites (N-methyl/N-ethyl adjacent to an activating group) is 2. The molecule has 0 aromatic heterocycles. The lowest BCUT2D eigenvalue weighted by Gasteiger charge is -2.34. The van der Waals surface area contributed by atoms with Gasteiger partial charge in [-0.2, -0.15) is 4.48 Å². The molecule has 0 fully saturated rings. The number of aliphatic hydroxyl groups excluding tert-OH is 8. The molecule has 6 amide bonds. The van der Waals surface area contributed by atoms with Crippen molar-refractivity contribution < 1.29 is 69.6 Å². The quantitative estimate of drug-likeness (QED) is 0.0553. The van der Waals surface area contributed by atoms with Crippen LogP contribution in [0.5, 0.6) is 0 Å². The van der Waals surface area contributed by atoms with E-state index >= 15 is 4.79 Å². The molecule has 2 aromatic carbocycles. The highest BCUT2D eigenvalue weighted by atomic mass is 127. The van der Waals surface area contributed by atoms with Gasteiger partial charge in [0.05, 0.1) is 95.1 Å². The minimum absolute atomic E-state index is 0.00505. The van der Waals surface area contributed by atoms with Gasteiger partial charge in [-0.25, -0.2) is 9.59 Å². The summed E-state index contributed by atoms with van der Waals surface area (Å²) in [5.41, 5.74) is -1.06. The molecule has 20 nitrogen and oxygen atoms in total. The number of quaternary nitrogens is 1. The molecule has 0 saturated heterocycles. The van der Waals surface area contributed by atoms with Gasteiger partial charge in [0.25, 0.3) is 17.7 Å². The van der Waals surface area contributed by atoms with Gasteiger partial charge in [0.1, 0.15) is 12.1 Å². The lowest BCUT2D eigenvalue weighted by atomic mass is 10.0. The SMILES string of the molecule is CNCC(=O)[N+](C)(C(=O)c1c(I)c(NC(C)=O)c(I)c(C(=O)NCC(O)CO)c1I)c1c(I)c(C(=O)N(CCO)CC(O)CO)c(I)c(C(=O)N(CCO)CC(O)CO)c1I. The first-order valence-electron chi connectivity index (χ1n) is 17.8. The van der Waals surface area contributed by atoms with Gasteiger partial charge in [-0.15, -0.1) is 0 Å². The summed E-state index contributed by atoms with van der Waals surface area (Å²) >= 11 is 10.6. The van der Waals surface area contributed by atoms with Crippen LogP contribution in [-0.4, -0.2) is 191 Å². The molecule has 61 heavy (non-hydrogen) atoms. The number of nitrogens with zero attached hydrogens (tertiary/aromatic N) is 3. The van der Waals surface area contributed by atoms with E-state index in [9.17, 15) is 64.8 Å². The third kappa shape index (κ3) is 13.4. The van der Waals surface area contributed by atoms with E-state index in [1.165, 1.54) is 21.0 Å². The topological polar surface area (TPSA) is 307 Å². The average Bonchev–Trinajstić information content (AvgIpc) is 3.20. The van der Waals surface area contributed by atoms with Gasteiger partial charge in [0, 0.05) is 46.8 Å². The van der Waals surface area contributed by atoms with Crippen LogP contribution in [0.25, 0.3) is 0 Å².